The van der Waals surface area contributed by atoms with Crippen molar-refractivity contribution in [2.45, 2.75) is 65.1 Å². The molecule has 0 aliphatic carbocycles. The molecule has 4 atom stereocenters. The largest absolute Gasteiger partial charge is 0.393 e. The number of aliphatic hydroxyl groups excluding tert-OH is 1. The molecule has 0 radical (unpaired) electrons. The van der Waals surface area contributed by atoms with E-state index in [1.54, 1.807) is 0 Å². The molecule has 3 heteroatoms. The Morgan fingerprint density at radius 3 is 2.74 bits per heavy atom. The summed E-state index contributed by atoms with van der Waals surface area (Å²) in [7, 11) is 0. The zero-order valence-electron chi connectivity index (χ0n) is 12.9. The average Bonchev–Trinajstić information content (AvgIpc) is 2.76. The summed E-state index contributed by atoms with van der Waals surface area (Å²) < 4.78 is 6.05. The van der Waals surface area contributed by atoms with E-state index in [2.05, 4.69) is 27.7 Å². The fraction of sp³-hybridized carbons (Fsp3) is 1.00. The van der Waals surface area contributed by atoms with Gasteiger partial charge in [-0.15, -0.1) is 0 Å². The monoisotopic (exact) mass is 286 g/mol. The molecule has 1 spiro atoms. The fourth-order valence-electron chi connectivity index (χ4n) is 3.17. The van der Waals surface area contributed by atoms with Crippen molar-refractivity contribution in [2.75, 3.05) is 18.1 Å². The lowest BCUT2D eigenvalue weighted by atomic mass is 9.74. The summed E-state index contributed by atoms with van der Waals surface area (Å²) in [5, 5.41) is 10.6. The van der Waals surface area contributed by atoms with Crippen molar-refractivity contribution in [3.05, 3.63) is 0 Å². The lowest BCUT2D eigenvalue weighted by Gasteiger charge is -2.41. The van der Waals surface area contributed by atoms with Crippen LogP contribution in [0.15, 0.2) is 0 Å². The normalized spacial score (nSPS) is 35.5. The van der Waals surface area contributed by atoms with E-state index in [9.17, 15) is 5.11 Å². The predicted molar refractivity (Wildman–Crippen MR) is 82.6 cm³/mol. The number of aliphatic hydroxyl groups is 1. The minimum atomic E-state index is -0.152. The van der Waals surface area contributed by atoms with E-state index in [-0.39, 0.29) is 17.1 Å². The molecule has 0 aromatic heterocycles. The van der Waals surface area contributed by atoms with Crippen molar-refractivity contribution in [1.82, 2.24) is 0 Å². The molecule has 2 rings (SSSR count). The highest BCUT2D eigenvalue weighted by Gasteiger charge is 2.42. The van der Waals surface area contributed by atoms with Crippen LogP contribution in [0.1, 0.15) is 53.4 Å². The molecular weight excluding hydrogens is 256 g/mol. The Bertz CT molecular complexity index is 292. The third kappa shape index (κ3) is 3.89. The van der Waals surface area contributed by atoms with Crippen LogP contribution < -0.4 is 0 Å². The van der Waals surface area contributed by atoms with Crippen LogP contribution in [0.25, 0.3) is 0 Å². The fourth-order valence-corrected chi connectivity index (χ4v) is 4.54. The average molecular weight is 286 g/mol. The Kier molecular flexibility index (Phi) is 4.90. The van der Waals surface area contributed by atoms with E-state index in [4.69, 9.17) is 4.74 Å². The zero-order chi connectivity index (χ0) is 14.1. The van der Waals surface area contributed by atoms with Crippen molar-refractivity contribution < 1.29 is 9.84 Å². The Balaban J connectivity index is 1.90. The highest BCUT2D eigenvalue weighted by atomic mass is 32.2. The number of hydrogen-bond donors (Lipinski definition) is 1. The van der Waals surface area contributed by atoms with Gasteiger partial charge >= 0.3 is 0 Å². The third-order valence-electron chi connectivity index (χ3n) is 5.22. The van der Waals surface area contributed by atoms with Crippen LogP contribution >= 0.6 is 11.8 Å². The Labute approximate surface area is 122 Å². The maximum atomic E-state index is 10.6. The molecule has 0 saturated carbocycles. The van der Waals surface area contributed by atoms with Crippen LogP contribution in [-0.2, 0) is 4.74 Å². The maximum Gasteiger partial charge on any atom is 0.0783 e. The highest BCUT2D eigenvalue weighted by Crippen LogP contribution is 2.42. The van der Waals surface area contributed by atoms with Gasteiger partial charge in [0.05, 0.1) is 11.7 Å². The zero-order valence-corrected chi connectivity index (χ0v) is 13.8. The van der Waals surface area contributed by atoms with E-state index in [0.717, 1.165) is 31.6 Å². The van der Waals surface area contributed by atoms with Gasteiger partial charge in [-0.25, -0.2) is 0 Å². The van der Waals surface area contributed by atoms with Crippen molar-refractivity contribution >= 4 is 11.8 Å². The molecular formula is C16H30O2S. The van der Waals surface area contributed by atoms with E-state index in [1.807, 2.05) is 11.8 Å². The lowest BCUT2D eigenvalue weighted by Crippen LogP contribution is -2.43. The Morgan fingerprint density at radius 1 is 1.42 bits per heavy atom. The lowest BCUT2D eigenvalue weighted by molar-refractivity contribution is -0.105. The van der Waals surface area contributed by atoms with Gasteiger partial charge in [0.15, 0.2) is 0 Å². The Hall–Kier alpha value is 0.270. The first kappa shape index (κ1) is 15.7. The minimum Gasteiger partial charge on any atom is -0.393 e. The van der Waals surface area contributed by atoms with Crippen LogP contribution in [0.3, 0.4) is 0 Å². The van der Waals surface area contributed by atoms with Crippen LogP contribution in [0.4, 0.5) is 0 Å². The quantitative estimate of drug-likeness (QED) is 0.857. The molecule has 2 aliphatic rings. The smallest absolute Gasteiger partial charge is 0.0783 e. The first-order chi connectivity index (χ1) is 8.82. The van der Waals surface area contributed by atoms with Gasteiger partial charge < -0.3 is 9.84 Å². The van der Waals surface area contributed by atoms with Crippen LogP contribution in [0, 0.1) is 17.3 Å². The molecule has 2 nitrogen and oxygen atoms in total. The summed E-state index contributed by atoms with van der Waals surface area (Å²) in [5.74, 6) is 3.35. The molecule has 2 heterocycles. The van der Waals surface area contributed by atoms with Crippen LogP contribution in [-0.4, -0.2) is 34.9 Å². The molecule has 2 saturated heterocycles. The molecule has 2 aliphatic heterocycles. The van der Waals surface area contributed by atoms with Gasteiger partial charge in [0.1, 0.15) is 0 Å². The molecule has 112 valence electrons. The standard InChI is InChI=1S/C16H30O2S/c1-12(15(2,3)4)9-14(17)13-5-7-18-16(10-13)6-8-19-11-16/h12-14,17H,5-11H2,1-4H3. The summed E-state index contributed by atoms with van der Waals surface area (Å²) in [6.07, 6.45) is 4.05. The van der Waals surface area contributed by atoms with Gasteiger partial charge in [0, 0.05) is 12.4 Å². The van der Waals surface area contributed by atoms with E-state index in [1.165, 1.54) is 12.2 Å². The minimum absolute atomic E-state index is 0.0968. The maximum absolute atomic E-state index is 10.6. The van der Waals surface area contributed by atoms with Gasteiger partial charge in [-0.3, -0.25) is 0 Å². The van der Waals surface area contributed by atoms with Gasteiger partial charge in [-0.05, 0) is 48.7 Å². The van der Waals surface area contributed by atoms with Crippen molar-refractivity contribution in [3.63, 3.8) is 0 Å². The number of thioether (sulfide) groups is 1. The summed E-state index contributed by atoms with van der Waals surface area (Å²) in [6, 6.07) is 0. The topological polar surface area (TPSA) is 29.5 Å². The molecule has 0 aromatic carbocycles. The SMILES string of the molecule is CC(CC(O)C1CCOC2(CCSC2)C1)C(C)(C)C. The van der Waals surface area contributed by atoms with Gasteiger partial charge in [-0.2, -0.15) is 11.8 Å². The molecule has 0 bridgehead atoms. The molecule has 0 aromatic rings. The van der Waals surface area contributed by atoms with Crippen molar-refractivity contribution in [2.24, 2.45) is 17.3 Å². The predicted octanol–water partition coefficient (Wildman–Crippen LogP) is 3.72. The third-order valence-corrected chi connectivity index (χ3v) is 6.44. The van der Waals surface area contributed by atoms with E-state index >= 15 is 0 Å². The summed E-state index contributed by atoms with van der Waals surface area (Å²) in [5.41, 5.74) is 0.382. The van der Waals surface area contributed by atoms with E-state index in [0.29, 0.717) is 11.8 Å². The first-order valence-corrected chi connectivity index (χ1v) is 8.88. The van der Waals surface area contributed by atoms with Gasteiger partial charge in [0.25, 0.3) is 0 Å². The molecule has 1 N–H and O–H groups in total. The van der Waals surface area contributed by atoms with Crippen LogP contribution in [0.5, 0.6) is 0 Å². The molecule has 19 heavy (non-hydrogen) atoms. The first-order valence-electron chi connectivity index (χ1n) is 7.72. The van der Waals surface area contributed by atoms with E-state index < -0.39 is 0 Å². The number of hydrogen-bond acceptors (Lipinski definition) is 3. The summed E-state index contributed by atoms with van der Waals surface area (Å²) in [6.45, 7) is 9.91. The van der Waals surface area contributed by atoms with Crippen LogP contribution in [0.2, 0.25) is 0 Å². The molecule has 2 fully saturated rings. The number of ether oxygens (including phenoxy) is 1. The van der Waals surface area contributed by atoms with Crippen molar-refractivity contribution in [3.8, 4) is 0 Å². The number of rotatable bonds is 3. The van der Waals surface area contributed by atoms with Gasteiger partial charge in [-0.1, -0.05) is 27.7 Å². The second-order valence-corrected chi connectivity index (χ2v) is 8.76. The summed E-state index contributed by atoms with van der Waals surface area (Å²) >= 11 is 2.00. The second kappa shape index (κ2) is 5.95. The van der Waals surface area contributed by atoms with Gasteiger partial charge in [0.2, 0.25) is 0 Å². The van der Waals surface area contributed by atoms with Crippen molar-refractivity contribution in [1.29, 1.82) is 0 Å². The molecule has 0 amide bonds. The summed E-state index contributed by atoms with van der Waals surface area (Å²) in [4.78, 5) is 0. The Morgan fingerprint density at radius 2 is 2.16 bits per heavy atom. The second-order valence-electron chi connectivity index (χ2n) is 7.66. The highest BCUT2D eigenvalue weighted by molar-refractivity contribution is 7.99. The molecule has 4 unspecified atom stereocenters.